The van der Waals surface area contributed by atoms with Crippen LogP contribution in [0.3, 0.4) is 0 Å². The highest BCUT2D eigenvalue weighted by atomic mass is 32.1. The molecule has 0 radical (unpaired) electrons. The van der Waals surface area contributed by atoms with Gasteiger partial charge in [-0.25, -0.2) is 0 Å². The molecule has 1 aromatic rings. The van der Waals surface area contributed by atoms with Crippen LogP contribution in [0.4, 0.5) is 0 Å². The molecule has 2 fully saturated rings. The summed E-state index contributed by atoms with van der Waals surface area (Å²) in [5, 5.41) is 7.83. The standard InChI is InChI=1S/C16H24N2OS/c1-11(2)15(3,4)10-18-13(12-5-8-20-9-12)17-16(6-7-16)14(18)19/h5,8-9,11,13,17H,6-7,10H2,1-4H3. The summed E-state index contributed by atoms with van der Waals surface area (Å²) < 4.78 is 0. The molecule has 110 valence electrons. The van der Waals surface area contributed by atoms with Crippen LogP contribution < -0.4 is 5.32 Å². The largest absolute Gasteiger partial charge is 0.321 e. The molecule has 1 saturated heterocycles. The fraction of sp³-hybridized carbons (Fsp3) is 0.688. The molecule has 0 bridgehead atoms. The van der Waals surface area contributed by atoms with Gasteiger partial charge in [-0.05, 0) is 46.6 Å². The monoisotopic (exact) mass is 292 g/mol. The van der Waals surface area contributed by atoms with Crippen molar-refractivity contribution in [3.63, 3.8) is 0 Å². The van der Waals surface area contributed by atoms with Gasteiger partial charge < -0.3 is 4.90 Å². The number of thiophene rings is 1. The maximum atomic E-state index is 12.8. The van der Waals surface area contributed by atoms with Gasteiger partial charge in [0.1, 0.15) is 11.7 Å². The highest BCUT2D eigenvalue weighted by Crippen LogP contribution is 2.47. The molecular weight excluding hydrogens is 268 g/mol. The number of carbonyl (C=O) groups is 1. The third-order valence-corrected chi connectivity index (χ3v) is 5.85. The van der Waals surface area contributed by atoms with Crippen LogP contribution in [0.5, 0.6) is 0 Å². The summed E-state index contributed by atoms with van der Waals surface area (Å²) in [6.07, 6.45) is 2.05. The van der Waals surface area contributed by atoms with E-state index in [0.717, 1.165) is 19.4 Å². The van der Waals surface area contributed by atoms with Gasteiger partial charge in [0.15, 0.2) is 0 Å². The summed E-state index contributed by atoms with van der Waals surface area (Å²) in [6.45, 7) is 9.81. The number of hydrogen-bond donors (Lipinski definition) is 1. The Morgan fingerprint density at radius 2 is 2.20 bits per heavy atom. The van der Waals surface area contributed by atoms with E-state index in [1.165, 1.54) is 5.56 Å². The molecule has 1 aromatic heterocycles. The van der Waals surface area contributed by atoms with Gasteiger partial charge in [-0.2, -0.15) is 11.3 Å². The molecule has 20 heavy (non-hydrogen) atoms. The molecule has 1 aliphatic carbocycles. The van der Waals surface area contributed by atoms with Gasteiger partial charge in [0, 0.05) is 6.54 Å². The lowest BCUT2D eigenvalue weighted by molar-refractivity contribution is -0.132. The molecule has 1 aliphatic heterocycles. The Hall–Kier alpha value is -0.870. The zero-order chi connectivity index (χ0) is 14.5. The normalized spacial score (nSPS) is 24.9. The molecule has 3 nitrogen and oxygen atoms in total. The number of carbonyl (C=O) groups excluding carboxylic acids is 1. The Morgan fingerprint density at radius 1 is 1.50 bits per heavy atom. The molecule has 4 heteroatoms. The van der Waals surface area contributed by atoms with Crippen molar-refractivity contribution in [2.45, 2.75) is 52.2 Å². The number of hydrogen-bond acceptors (Lipinski definition) is 3. The van der Waals surface area contributed by atoms with Crippen LogP contribution in [-0.4, -0.2) is 22.9 Å². The van der Waals surface area contributed by atoms with Crippen molar-refractivity contribution in [2.24, 2.45) is 11.3 Å². The molecule has 1 atom stereocenters. The van der Waals surface area contributed by atoms with E-state index < -0.39 is 0 Å². The average molecular weight is 292 g/mol. The molecule has 1 amide bonds. The van der Waals surface area contributed by atoms with Gasteiger partial charge in [-0.3, -0.25) is 10.1 Å². The second-order valence-electron chi connectivity index (χ2n) is 7.26. The zero-order valence-corrected chi connectivity index (χ0v) is 13.6. The predicted molar refractivity (Wildman–Crippen MR) is 82.5 cm³/mol. The summed E-state index contributed by atoms with van der Waals surface area (Å²) in [5.74, 6) is 0.858. The highest BCUT2D eigenvalue weighted by molar-refractivity contribution is 7.07. The van der Waals surface area contributed by atoms with Gasteiger partial charge in [-0.15, -0.1) is 0 Å². The van der Waals surface area contributed by atoms with Crippen LogP contribution >= 0.6 is 11.3 Å². The SMILES string of the molecule is CC(C)C(C)(C)CN1C(=O)C2(CC2)NC1c1ccsc1. The Morgan fingerprint density at radius 3 is 2.70 bits per heavy atom. The van der Waals surface area contributed by atoms with Gasteiger partial charge in [0.2, 0.25) is 5.91 Å². The fourth-order valence-electron chi connectivity index (χ4n) is 2.76. The first-order valence-corrected chi connectivity index (χ1v) is 8.41. The summed E-state index contributed by atoms with van der Waals surface area (Å²) in [4.78, 5) is 14.8. The minimum atomic E-state index is -0.236. The molecular formula is C16H24N2OS. The lowest BCUT2D eigenvalue weighted by atomic mass is 9.80. The minimum Gasteiger partial charge on any atom is -0.321 e. The fourth-order valence-corrected chi connectivity index (χ4v) is 3.43. The van der Waals surface area contributed by atoms with E-state index in [4.69, 9.17) is 0 Å². The van der Waals surface area contributed by atoms with Crippen molar-refractivity contribution in [1.29, 1.82) is 0 Å². The van der Waals surface area contributed by atoms with E-state index in [0.29, 0.717) is 11.8 Å². The van der Waals surface area contributed by atoms with Crippen molar-refractivity contribution >= 4 is 17.2 Å². The minimum absolute atomic E-state index is 0.0641. The molecule has 1 N–H and O–H groups in total. The molecule has 2 aliphatic rings. The molecule has 2 heterocycles. The van der Waals surface area contributed by atoms with E-state index in [9.17, 15) is 4.79 Å². The van der Waals surface area contributed by atoms with Gasteiger partial charge in [-0.1, -0.05) is 27.7 Å². The second kappa shape index (κ2) is 4.57. The van der Waals surface area contributed by atoms with Gasteiger partial charge in [0.05, 0.1) is 0 Å². The lowest BCUT2D eigenvalue weighted by Gasteiger charge is -2.36. The van der Waals surface area contributed by atoms with Crippen molar-refractivity contribution in [3.8, 4) is 0 Å². The molecule has 0 aromatic carbocycles. The van der Waals surface area contributed by atoms with E-state index in [2.05, 4.69) is 54.7 Å². The Kier molecular flexibility index (Phi) is 3.22. The summed E-state index contributed by atoms with van der Waals surface area (Å²) in [7, 11) is 0. The van der Waals surface area contributed by atoms with Crippen molar-refractivity contribution < 1.29 is 4.79 Å². The first-order chi connectivity index (χ1) is 9.36. The summed E-state index contributed by atoms with van der Waals surface area (Å²) in [5.41, 5.74) is 1.12. The topological polar surface area (TPSA) is 32.3 Å². The molecule has 1 unspecified atom stereocenters. The predicted octanol–water partition coefficient (Wildman–Crippen LogP) is 3.39. The Bertz CT molecular complexity index is 503. The lowest BCUT2D eigenvalue weighted by Crippen LogP contribution is -2.41. The first kappa shape index (κ1) is 14.1. The van der Waals surface area contributed by atoms with Crippen LogP contribution in [0, 0.1) is 11.3 Å². The van der Waals surface area contributed by atoms with Crippen LogP contribution in [0.1, 0.15) is 52.3 Å². The van der Waals surface area contributed by atoms with Crippen LogP contribution in [0.25, 0.3) is 0 Å². The van der Waals surface area contributed by atoms with Crippen molar-refractivity contribution in [1.82, 2.24) is 10.2 Å². The zero-order valence-electron chi connectivity index (χ0n) is 12.8. The van der Waals surface area contributed by atoms with E-state index in [-0.39, 0.29) is 17.1 Å². The quantitative estimate of drug-likeness (QED) is 0.922. The van der Waals surface area contributed by atoms with Crippen LogP contribution in [0.2, 0.25) is 0 Å². The Labute approximate surface area is 125 Å². The van der Waals surface area contributed by atoms with E-state index in [1.54, 1.807) is 11.3 Å². The maximum absolute atomic E-state index is 12.8. The first-order valence-electron chi connectivity index (χ1n) is 7.47. The van der Waals surface area contributed by atoms with Crippen molar-refractivity contribution in [3.05, 3.63) is 22.4 Å². The third-order valence-electron chi connectivity index (χ3n) is 5.14. The van der Waals surface area contributed by atoms with Gasteiger partial charge >= 0.3 is 0 Å². The van der Waals surface area contributed by atoms with Crippen molar-refractivity contribution in [2.75, 3.05) is 6.54 Å². The number of amides is 1. The molecule has 3 rings (SSSR count). The smallest absolute Gasteiger partial charge is 0.244 e. The second-order valence-corrected chi connectivity index (χ2v) is 8.04. The van der Waals surface area contributed by atoms with E-state index in [1.807, 2.05) is 0 Å². The molecule has 1 saturated carbocycles. The van der Waals surface area contributed by atoms with Crippen LogP contribution in [-0.2, 0) is 4.79 Å². The Balaban J connectivity index is 1.87. The number of nitrogens with one attached hydrogen (secondary N) is 1. The highest BCUT2D eigenvalue weighted by Gasteiger charge is 2.59. The summed E-state index contributed by atoms with van der Waals surface area (Å²) in [6, 6.07) is 2.13. The van der Waals surface area contributed by atoms with E-state index >= 15 is 0 Å². The summed E-state index contributed by atoms with van der Waals surface area (Å²) >= 11 is 1.70. The maximum Gasteiger partial charge on any atom is 0.244 e. The van der Waals surface area contributed by atoms with Crippen LogP contribution in [0.15, 0.2) is 16.8 Å². The third kappa shape index (κ3) is 2.19. The number of rotatable bonds is 4. The number of nitrogens with zero attached hydrogens (tertiary/aromatic N) is 1. The average Bonchev–Trinajstić information content (AvgIpc) is 2.86. The van der Waals surface area contributed by atoms with Gasteiger partial charge in [0.25, 0.3) is 0 Å². The molecule has 1 spiro atoms.